The lowest BCUT2D eigenvalue weighted by molar-refractivity contribution is -0.167. The van der Waals surface area contributed by atoms with Crippen LogP contribution in [0.3, 0.4) is 0 Å². The average Bonchev–Trinajstić information content (AvgIpc) is 2.68. The number of benzene rings is 2. The quantitative estimate of drug-likeness (QED) is 0.862. The molecule has 5 heteroatoms. The first-order chi connectivity index (χ1) is 12.4. The lowest BCUT2D eigenvalue weighted by Gasteiger charge is -2.42. The van der Waals surface area contributed by atoms with Crippen LogP contribution in [0.25, 0.3) is 11.1 Å². The molecule has 26 heavy (non-hydrogen) atoms. The van der Waals surface area contributed by atoms with Crippen LogP contribution in [0.1, 0.15) is 25.3 Å². The molecule has 4 nitrogen and oxygen atoms in total. The SMILES string of the molecule is CC(c1ccccc1-c1ccc(F)cc1)C(C)(O)C(O)N1CCOCC1. The van der Waals surface area contributed by atoms with Gasteiger partial charge in [-0.2, -0.15) is 0 Å². The van der Waals surface area contributed by atoms with Crippen molar-refractivity contribution in [2.45, 2.75) is 31.6 Å². The van der Waals surface area contributed by atoms with Gasteiger partial charge < -0.3 is 14.9 Å². The number of morpholine rings is 1. The molecule has 2 N–H and O–H groups in total. The van der Waals surface area contributed by atoms with E-state index >= 15 is 0 Å². The second kappa shape index (κ2) is 7.84. The van der Waals surface area contributed by atoms with Crippen molar-refractivity contribution in [3.8, 4) is 11.1 Å². The van der Waals surface area contributed by atoms with Crippen LogP contribution in [-0.4, -0.2) is 53.2 Å². The Labute approximate surface area is 153 Å². The van der Waals surface area contributed by atoms with E-state index in [1.807, 2.05) is 36.1 Å². The fourth-order valence-electron chi connectivity index (χ4n) is 3.50. The topological polar surface area (TPSA) is 52.9 Å². The Balaban J connectivity index is 1.91. The van der Waals surface area contributed by atoms with Gasteiger partial charge in [-0.05, 0) is 35.7 Å². The largest absolute Gasteiger partial charge is 0.385 e. The predicted molar refractivity (Wildman–Crippen MR) is 99.3 cm³/mol. The molecule has 0 aromatic heterocycles. The van der Waals surface area contributed by atoms with Gasteiger partial charge >= 0.3 is 0 Å². The second-order valence-corrected chi connectivity index (χ2v) is 7.06. The fraction of sp³-hybridized carbons (Fsp3) is 0.429. The first-order valence-electron chi connectivity index (χ1n) is 8.98. The summed E-state index contributed by atoms with van der Waals surface area (Å²) in [4.78, 5) is 1.85. The number of ether oxygens (including phenoxy) is 1. The summed E-state index contributed by atoms with van der Waals surface area (Å²) in [6.07, 6.45) is -0.998. The molecular weight excluding hydrogens is 333 g/mol. The van der Waals surface area contributed by atoms with E-state index in [0.29, 0.717) is 26.3 Å². The van der Waals surface area contributed by atoms with Crippen molar-refractivity contribution in [3.63, 3.8) is 0 Å². The molecule has 1 heterocycles. The second-order valence-electron chi connectivity index (χ2n) is 7.06. The van der Waals surface area contributed by atoms with E-state index in [9.17, 15) is 14.6 Å². The molecule has 1 fully saturated rings. The van der Waals surface area contributed by atoms with E-state index in [1.165, 1.54) is 12.1 Å². The van der Waals surface area contributed by atoms with E-state index in [-0.39, 0.29) is 11.7 Å². The number of nitrogens with zero attached hydrogens (tertiary/aromatic N) is 1. The smallest absolute Gasteiger partial charge is 0.136 e. The zero-order chi connectivity index (χ0) is 18.7. The molecule has 0 amide bonds. The maximum Gasteiger partial charge on any atom is 0.136 e. The van der Waals surface area contributed by atoms with Crippen molar-refractivity contribution in [2.24, 2.45) is 0 Å². The van der Waals surface area contributed by atoms with E-state index in [1.54, 1.807) is 19.1 Å². The zero-order valence-electron chi connectivity index (χ0n) is 15.2. The standard InChI is InChI=1S/C21H26FNO3/c1-15(21(2,25)20(24)23-11-13-26-14-12-23)18-5-3-4-6-19(18)16-7-9-17(22)10-8-16/h3-10,15,20,24-25H,11-14H2,1-2H3. The number of hydrogen-bond acceptors (Lipinski definition) is 4. The highest BCUT2D eigenvalue weighted by Gasteiger charge is 2.41. The summed E-state index contributed by atoms with van der Waals surface area (Å²) >= 11 is 0. The van der Waals surface area contributed by atoms with Gasteiger partial charge in [0, 0.05) is 19.0 Å². The van der Waals surface area contributed by atoms with Crippen molar-refractivity contribution >= 4 is 0 Å². The number of rotatable bonds is 5. The Morgan fingerprint density at radius 2 is 1.69 bits per heavy atom. The van der Waals surface area contributed by atoms with Gasteiger partial charge in [0.05, 0.1) is 13.2 Å². The van der Waals surface area contributed by atoms with E-state index in [4.69, 9.17) is 4.74 Å². The Hall–Kier alpha value is -1.79. The fourth-order valence-corrected chi connectivity index (χ4v) is 3.50. The van der Waals surface area contributed by atoms with Crippen LogP contribution in [0.4, 0.5) is 4.39 Å². The van der Waals surface area contributed by atoms with Crippen molar-refractivity contribution in [1.82, 2.24) is 4.90 Å². The van der Waals surface area contributed by atoms with Crippen LogP contribution in [0.15, 0.2) is 48.5 Å². The summed E-state index contributed by atoms with van der Waals surface area (Å²) in [6, 6.07) is 14.1. The van der Waals surface area contributed by atoms with E-state index in [2.05, 4.69) is 0 Å². The van der Waals surface area contributed by atoms with Gasteiger partial charge in [-0.25, -0.2) is 4.39 Å². The third kappa shape index (κ3) is 3.81. The molecule has 2 aromatic carbocycles. The maximum absolute atomic E-state index is 13.3. The van der Waals surface area contributed by atoms with Gasteiger partial charge in [-0.15, -0.1) is 0 Å². The minimum atomic E-state index is -1.35. The molecule has 2 aromatic rings. The molecule has 1 aliphatic heterocycles. The van der Waals surface area contributed by atoms with E-state index < -0.39 is 11.8 Å². The average molecular weight is 359 g/mol. The van der Waals surface area contributed by atoms with Crippen molar-refractivity contribution in [2.75, 3.05) is 26.3 Å². The molecule has 1 saturated heterocycles. The first-order valence-corrected chi connectivity index (χ1v) is 8.98. The molecule has 0 saturated carbocycles. The molecule has 3 unspecified atom stereocenters. The number of hydrogen-bond donors (Lipinski definition) is 2. The van der Waals surface area contributed by atoms with Crippen molar-refractivity contribution in [1.29, 1.82) is 0 Å². The van der Waals surface area contributed by atoms with Crippen molar-refractivity contribution in [3.05, 3.63) is 59.9 Å². The number of aliphatic hydroxyl groups excluding tert-OH is 1. The highest BCUT2D eigenvalue weighted by atomic mass is 19.1. The third-order valence-electron chi connectivity index (χ3n) is 5.37. The zero-order valence-corrected chi connectivity index (χ0v) is 15.2. The van der Waals surface area contributed by atoms with Crippen LogP contribution >= 0.6 is 0 Å². The Morgan fingerprint density at radius 3 is 2.35 bits per heavy atom. The summed E-state index contributed by atoms with van der Waals surface area (Å²) in [5.41, 5.74) is 1.37. The molecular formula is C21H26FNO3. The van der Waals surface area contributed by atoms with Crippen LogP contribution in [0, 0.1) is 5.82 Å². The first kappa shape index (κ1) is 19.0. The van der Waals surface area contributed by atoms with Crippen molar-refractivity contribution < 1.29 is 19.3 Å². The lowest BCUT2D eigenvalue weighted by Crippen LogP contribution is -2.56. The van der Waals surface area contributed by atoms with Gasteiger partial charge in [0.25, 0.3) is 0 Å². The van der Waals surface area contributed by atoms with E-state index in [0.717, 1.165) is 16.7 Å². The van der Waals surface area contributed by atoms with Crippen LogP contribution in [-0.2, 0) is 4.74 Å². The normalized spacial score (nSPS) is 20.3. The number of halogens is 1. The van der Waals surface area contributed by atoms with Gasteiger partial charge in [0.1, 0.15) is 17.6 Å². The van der Waals surface area contributed by atoms with Gasteiger partial charge in [0.15, 0.2) is 0 Å². The van der Waals surface area contributed by atoms with Gasteiger partial charge in [-0.1, -0.05) is 43.3 Å². The molecule has 3 atom stereocenters. The number of aliphatic hydroxyl groups is 2. The molecule has 0 bridgehead atoms. The summed E-state index contributed by atoms with van der Waals surface area (Å²) in [7, 11) is 0. The molecule has 0 aliphatic carbocycles. The Kier molecular flexibility index (Phi) is 5.73. The Bertz CT molecular complexity index is 726. The summed E-state index contributed by atoms with van der Waals surface area (Å²) in [6.45, 7) is 5.85. The third-order valence-corrected chi connectivity index (χ3v) is 5.37. The lowest BCUT2D eigenvalue weighted by atomic mass is 9.79. The molecule has 0 spiro atoms. The monoisotopic (exact) mass is 359 g/mol. The minimum absolute atomic E-state index is 0.283. The van der Waals surface area contributed by atoms with Gasteiger partial charge in [0.2, 0.25) is 0 Å². The van der Waals surface area contributed by atoms with Gasteiger partial charge in [-0.3, -0.25) is 4.90 Å². The molecule has 0 radical (unpaired) electrons. The molecule has 140 valence electrons. The maximum atomic E-state index is 13.3. The van der Waals surface area contributed by atoms with Crippen LogP contribution in [0.5, 0.6) is 0 Å². The summed E-state index contributed by atoms with van der Waals surface area (Å²) < 4.78 is 18.6. The summed E-state index contributed by atoms with van der Waals surface area (Å²) in [5.74, 6) is -0.615. The highest BCUT2D eigenvalue weighted by molar-refractivity contribution is 5.68. The van der Waals surface area contributed by atoms with Crippen LogP contribution in [0.2, 0.25) is 0 Å². The molecule has 1 aliphatic rings. The minimum Gasteiger partial charge on any atom is -0.385 e. The van der Waals surface area contributed by atoms with Crippen LogP contribution < -0.4 is 0 Å². The molecule has 3 rings (SSSR count). The predicted octanol–water partition coefficient (Wildman–Crippen LogP) is 3.00. The summed E-state index contributed by atoms with van der Waals surface area (Å²) in [5, 5.41) is 22.0. The Morgan fingerprint density at radius 1 is 1.08 bits per heavy atom. The highest BCUT2D eigenvalue weighted by Crippen LogP contribution is 2.37.